The minimum atomic E-state index is -4.47. The summed E-state index contributed by atoms with van der Waals surface area (Å²) in [5.41, 5.74) is 4.18. The quantitative estimate of drug-likeness (QED) is 0.269. The van der Waals surface area contributed by atoms with Crippen LogP contribution in [0, 0.1) is 5.92 Å². The Labute approximate surface area is 252 Å². The van der Waals surface area contributed by atoms with Crippen molar-refractivity contribution in [1.82, 2.24) is 4.90 Å². The van der Waals surface area contributed by atoms with Crippen molar-refractivity contribution < 1.29 is 28.3 Å². The molecule has 0 radical (unpaired) electrons. The van der Waals surface area contributed by atoms with E-state index in [1.165, 1.54) is 16.7 Å². The van der Waals surface area contributed by atoms with Crippen molar-refractivity contribution in [2.24, 2.45) is 5.92 Å². The maximum absolute atomic E-state index is 13.5. The van der Waals surface area contributed by atoms with E-state index in [0.717, 1.165) is 37.8 Å². The topological polar surface area (TPSA) is 88.5 Å². The Kier molecular flexibility index (Phi) is 6.45. The van der Waals surface area contributed by atoms with Gasteiger partial charge < -0.3 is 19.3 Å². The lowest BCUT2D eigenvalue weighted by atomic mass is 9.53. The summed E-state index contributed by atoms with van der Waals surface area (Å²) in [4.78, 5) is 13.5. The van der Waals surface area contributed by atoms with Crippen molar-refractivity contribution in [1.29, 1.82) is 0 Å². The number of aliphatic hydroxyl groups is 1. The number of piperidine rings is 1. The zero-order valence-electron chi connectivity index (χ0n) is 24.3. The molecule has 8 rings (SSSR count). The van der Waals surface area contributed by atoms with Crippen LogP contribution in [0.2, 0.25) is 0 Å². The fraction of sp³-hybridized carbons (Fsp3) is 0.429. The molecule has 1 spiro atoms. The molecule has 2 N–H and O–H groups in total. The molecule has 3 aromatic rings. The molecule has 2 bridgehead atoms. The average molecular weight is 600 g/mol. The number of phosphoric acid groups is 1. The molecule has 6 unspecified atom stereocenters. The number of hydrogen-bond donors (Lipinski definition) is 2. The van der Waals surface area contributed by atoms with E-state index in [0.29, 0.717) is 24.6 Å². The van der Waals surface area contributed by atoms with Crippen LogP contribution in [-0.2, 0) is 26.3 Å². The van der Waals surface area contributed by atoms with Gasteiger partial charge in [-0.25, -0.2) is 4.57 Å². The largest absolute Gasteiger partial charge is 0.527 e. The number of likely N-dealkylation sites (N-methyl/N-ethyl adjacent to an activating group) is 1. The van der Waals surface area contributed by atoms with Crippen molar-refractivity contribution in [3.63, 3.8) is 0 Å². The first-order valence-electron chi connectivity index (χ1n) is 15.5. The fourth-order valence-corrected chi connectivity index (χ4v) is 10.1. The molecular formula is C35H38NO6P. The van der Waals surface area contributed by atoms with Gasteiger partial charge in [0.15, 0.2) is 11.5 Å². The zero-order valence-corrected chi connectivity index (χ0v) is 25.2. The van der Waals surface area contributed by atoms with Crippen LogP contribution >= 0.6 is 7.82 Å². The van der Waals surface area contributed by atoms with Crippen LogP contribution in [0.5, 0.6) is 11.5 Å². The summed E-state index contributed by atoms with van der Waals surface area (Å²) in [5, 5.41) is 11.0. The molecule has 224 valence electrons. The predicted octanol–water partition coefficient (Wildman–Crippen LogP) is 5.92. The minimum absolute atomic E-state index is 0.173. The average Bonchev–Trinajstić information content (AvgIpc) is 3.38. The van der Waals surface area contributed by atoms with Crippen molar-refractivity contribution in [3.8, 4) is 11.5 Å². The Bertz CT molecular complexity index is 1560. The number of aliphatic hydroxyl groups excluding tert-OH is 1. The third kappa shape index (κ3) is 4.20. The summed E-state index contributed by atoms with van der Waals surface area (Å²) in [6.45, 7) is 0.905. The smallest absolute Gasteiger partial charge is 0.482 e. The van der Waals surface area contributed by atoms with Crippen LogP contribution in [0.4, 0.5) is 0 Å². The second-order valence-corrected chi connectivity index (χ2v) is 14.4. The van der Waals surface area contributed by atoms with Gasteiger partial charge in [-0.1, -0.05) is 78.9 Å². The van der Waals surface area contributed by atoms with Gasteiger partial charge in [0.05, 0.1) is 6.10 Å². The minimum Gasteiger partial charge on any atom is -0.482 e. The number of nitrogens with zero attached hydrogens (tertiary/aromatic N) is 1. The number of ether oxygens (including phenoxy) is 1. The normalized spacial score (nSPS) is 32.0. The Morgan fingerprint density at radius 2 is 1.60 bits per heavy atom. The summed E-state index contributed by atoms with van der Waals surface area (Å²) in [6.07, 6.45) is 6.97. The number of benzene rings is 3. The van der Waals surface area contributed by atoms with E-state index in [1.807, 2.05) is 24.3 Å². The predicted molar refractivity (Wildman–Crippen MR) is 163 cm³/mol. The highest BCUT2D eigenvalue weighted by molar-refractivity contribution is 7.47. The van der Waals surface area contributed by atoms with Gasteiger partial charge in [-0.15, -0.1) is 0 Å². The molecule has 6 atom stereocenters. The first-order valence-corrected chi connectivity index (χ1v) is 17.0. The Morgan fingerprint density at radius 1 is 0.930 bits per heavy atom. The molecule has 0 aromatic heterocycles. The summed E-state index contributed by atoms with van der Waals surface area (Å²) < 4.78 is 31.7. The third-order valence-corrected chi connectivity index (χ3v) is 12.1. The van der Waals surface area contributed by atoms with E-state index >= 15 is 0 Å². The lowest BCUT2D eigenvalue weighted by Crippen LogP contribution is -2.64. The van der Waals surface area contributed by atoms with Gasteiger partial charge in [-0.05, 0) is 74.9 Å². The molecular weight excluding hydrogens is 561 g/mol. The SMILES string of the molecule is CN1CCC23c4c5ccc(OP(=O)(O)OC6CCC(c7ccccc7)(c7ccccc7)CC6)c4OC2C(O)C=CC3C1C5. The monoisotopic (exact) mass is 599 g/mol. The molecule has 7 nitrogen and oxygen atoms in total. The van der Waals surface area contributed by atoms with Crippen LogP contribution in [0.3, 0.4) is 0 Å². The molecule has 2 fully saturated rings. The van der Waals surface area contributed by atoms with Gasteiger partial charge in [0.1, 0.15) is 12.2 Å². The molecule has 1 saturated carbocycles. The lowest BCUT2D eigenvalue weighted by molar-refractivity contribution is -0.0452. The van der Waals surface area contributed by atoms with Gasteiger partial charge >= 0.3 is 7.82 Å². The van der Waals surface area contributed by atoms with E-state index in [4.69, 9.17) is 13.8 Å². The number of phosphoric ester groups is 1. The number of hydrogen-bond acceptors (Lipinski definition) is 6. The molecule has 3 aromatic carbocycles. The Hall–Kier alpha value is -2.93. The zero-order chi connectivity index (χ0) is 29.4. The highest BCUT2D eigenvalue weighted by Gasteiger charge is 2.64. The second-order valence-electron chi connectivity index (χ2n) is 13.1. The van der Waals surface area contributed by atoms with Crippen molar-refractivity contribution >= 4 is 7.82 Å². The van der Waals surface area contributed by atoms with E-state index in [2.05, 4.69) is 66.6 Å². The van der Waals surface area contributed by atoms with Crippen LogP contribution in [-0.4, -0.2) is 52.8 Å². The van der Waals surface area contributed by atoms with Crippen LogP contribution in [0.25, 0.3) is 0 Å². The standard InChI is InChI=1S/C35H38NO6P/c1-36-21-20-35-27-13-14-29(37)33(35)40-32-30(15-12-23(31(32)35)22-28(27)36)42-43(38,39)41-26-16-18-34(19-17-26,24-8-4-2-5-9-24)25-10-6-3-7-11-25/h2-15,26-29,33,37H,16-22H2,1H3,(H,38,39). The maximum Gasteiger partial charge on any atom is 0.527 e. The van der Waals surface area contributed by atoms with Crippen LogP contribution in [0.1, 0.15) is 54.4 Å². The molecule has 1 saturated heterocycles. The molecule has 5 aliphatic rings. The molecule has 43 heavy (non-hydrogen) atoms. The van der Waals surface area contributed by atoms with Crippen molar-refractivity contribution in [2.75, 3.05) is 13.6 Å². The van der Waals surface area contributed by atoms with E-state index in [9.17, 15) is 14.6 Å². The summed E-state index contributed by atoms with van der Waals surface area (Å²) >= 11 is 0. The van der Waals surface area contributed by atoms with E-state index in [-0.39, 0.29) is 22.5 Å². The Balaban J connectivity index is 1.04. The highest BCUT2D eigenvalue weighted by atomic mass is 31.2. The molecule has 2 heterocycles. The lowest BCUT2D eigenvalue weighted by Gasteiger charge is -2.56. The van der Waals surface area contributed by atoms with Crippen LogP contribution in [0.15, 0.2) is 84.9 Å². The second kappa shape index (κ2) is 10.0. The van der Waals surface area contributed by atoms with Gasteiger partial charge in [-0.3, -0.25) is 9.42 Å². The molecule has 0 amide bonds. The maximum atomic E-state index is 13.5. The fourth-order valence-electron chi connectivity index (χ4n) is 9.08. The molecule has 8 heteroatoms. The van der Waals surface area contributed by atoms with Crippen molar-refractivity contribution in [2.45, 2.75) is 73.7 Å². The van der Waals surface area contributed by atoms with E-state index in [1.54, 1.807) is 6.07 Å². The summed E-state index contributed by atoms with van der Waals surface area (Å²) in [7, 11) is -2.31. The van der Waals surface area contributed by atoms with Gasteiger partial charge in [-0.2, -0.15) is 0 Å². The molecule has 3 aliphatic carbocycles. The first-order chi connectivity index (χ1) is 20.8. The van der Waals surface area contributed by atoms with Gasteiger partial charge in [0, 0.05) is 28.4 Å². The number of likely N-dealkylation sites (tertiary alicyclic amines) is 1. The first kappa shape index (κ1) is 27.6. The van der Waals surface area contributed by atoms with Gasteiger partial charge in [0.2, 0.25) is 0 Å². The molecule has 2 aliphatic heterocycles. The third-order valence-electron chi connectivity index (χ3n) is 11.1. The van der Waals surface area contributed by atoms with Crippen molar-refractivity contribution in [3.05, 3.63) is 107 Å². The van der Waals surface area contributed by atoms with Gasteiger partial charge in [0.25, 0.3) is 0 Å². The summed E-state index contributed by atoms with van der Waals surface area (Å²) in [5.74, 6) is 0.917. The number of rotatable bonds is 6. The van der Waals surface area contributed by atoms with E-state index < -0.39 is 26.1 Å². The Morgan fingerprint density at radius 3 is 2.28 bits per heavy atom. The van der Waals surface area contributed by atoms with Crippen LogP contribution < -0.4 is 9.26 Å². The summed E-state index contributed by atoms with van der Waals surface area (Å²) in [6, 6.07) is 25.1. The highest BCUT2D eigenvalue weighted by Crippen LogP contribution is 2.64.